The predicted octanol–water partition coefficient (Wildman–Crippen LogP) is 3.21. The van der Waals surface area contributed by atoms with Gasteiger partial charge in [0.05, 0.1) is 22.7 Å². The van der Waals surface area contributed by atoms with E-state index in [9.17, 15) is 20.0 Å². The van der Waals surface area contributed by atoms with Crippen molar-refractivity contribution < 1.29 is 19.6 Å². The number of hydrogen-bond acceptors (Lipinski definition) is 5. The zero-order valence-electron chi connectivity index (χ0n) is 11.4. The number of nitro groups is 1. The molecule has 8 heteroatoms. The topological polar surface area (TPSA) is 102 Å². The summed E-state index contributed by atoms with van der Waals surface area (Å²) in [7, 11) is 1.35. The average molecular weight is 323 g/mol. The molecule has 0 radical (unpaired) electrons. The molecular formula is C14H11ClN2O5. The lowest BCUT2D eigenvalue weighted by Gasteiger charge is -2.11. The van der Waals surface area contributed by atoms with E-state index in [2.05, 4.69) is 5.32 Å². The quantitative estimate of drug-likeness (QED) is 0.664. The Labute approximate surface area is 130 Å². The number of nitrogens with zero attached hydrogens (tertiary/aromatic N) is 1. The number of rotatable bonds is 4. The molecule has 0 saturated heterocycles. The number of halogens is 1. The van der Waals surface area contributed by atoms with Crippen molar-refractivity contribution >= 4 is 28.9 Å². The van der Waals surface area contributed by atoms with E-state index in [1.807, 2.05) is 0 Å². The first-order valence-electron chi connectivity index (χ1n) is 6.05. The van der Waals surface area contributed by atoms with Crippen LogP contribution in [0.15, 0.2) is 36.4 Å². The van der Waals surface area contributed by atoms with Crippen LogP contribution in [0.2, 0.25) is 5.02 Å². The number of amides is 1. The zero-order chi connectivity index (χ0) is 16.3. The van der Waals surface area contributed by atoms with Gasteiger partial charge in [-0.05, 0) is 18.2 Å². The largest absolute Gasteiger partial charge is 0.507 e. The Hall–Kier alpha value is -2.80. The molecule has 2 aromatic carbocycles. The number of carbonyl (C=O) groups is 1. The van der Waals surface area contributed by atoms with E-state index in [0.29, 0.717) is 0 Å². The van der Waals surface area contributed by atoms with Crippen LogP contribution >= 0.6 is 11.6 Å². The molecule has 22 heavy (non-hydrogen) atoms. The van der Waals surface area contributed by atoms with Crippen molar-refractivity contribution in [1.29, 1.82) is 0 Å². The molecule has 0 atom stereocenters. The molecule has 0 aliphatic rings. The summed E-state index contributed by atoms with van der Waals surface area (Å²) < 4.78 is 5.02. The Balaban J connectivity index is 2.38. The smallest absolute Gasteiger partial charge is 0.271 e. The maximum Gasteiger partial charge on any atom is 0.271 e. The maximum absolute atomic E-state index is 12.3. The summed E-state index contributed by atoms with van der Waals surface area (Å²) in [6.07, 6.45) is 0. The molecule has 2 aromatic rings. The monoisotopic (exact) mass is 322 g/mol. The van der Waals surface area contributed by atoms with Gasteiger partial charge < -0.3 is 15.2 Å². The second-order valence-electron chi connectivity index (χ2n) is 4.23. The van der Waals surface area contributed by atoms with Gasteiger partial charge in [0.15, 0.2) is 0 Å². The molecule has 2 rings (SSSR count). The van der Waals surface area contributed by atoms with E-state index in [0.717, 1.165) is 6.07 Å². The number of phenols is 1. The molecule has 0 bridgehead atoms. The number of nitrogens with one attached hydrogen (secondary N) is 1. The van der Waals surface area contributed by atoms with Crippen molar-refractivity contribution in [2.45, 2.75) is 0 Å². The van der Waals surface area contributed by atoms with Crippen LogP contribution in [0.1, 0.15) is 10.4 Å². The molecule has 0 aliphatic carbocycles. The molecule has 1 amide bonds. The molecule has 0 saturated carbocycles. The van der Waals surface area contributed by atoms with Crippen molar-refractivity contribution in [3.63, 3.8) is 0 Å². The van der Waals surface area contributed by atoms with Crippen LogP contribution < -0.4 is 10.1 Å². The van der Waals surface area contributed by atoms with Gasteiger partial charge in [-0.2, -0.15) is 0 Å². The van der Waals surface area contributed by atoms with Gasteiger partial charge in [-0.1, -0.05) is 17.7 Å². The van der Waals surface area contributed by atoms with Gasteiger partial charge in [-0.25, -0.2) is 0 Å². The summed E-state index contributed by atoms with van der Waals surface area (Å²) in [6, 6.07) is 8.00. The summed E-state index contributed by atoms with van der Waals surface area (Å²) in [4.78, 5) is 22.4. The third kappa shape index (κ3) is 3.09. The van der Waals surface area contributed by atoms with Gasteiger partial charge in [-0.15, -0.1) is 0 Å². The van der Waals surface area contributed by atoms with Gasteiger partial charge in [0.2, 0.25) is 0 Å². The van der Waals surface area contributed by atoms with Crippen LogP contribution in [-0.2, 0) is 0 Å². The lowest BCUT2D eigenvalue weighted by Crippen LogP contribution is -2.14. The number of benzene rings is 2. The van der Waals surface area contributed by atoms with E-state index >= 15 is 0 Å². The van der Waals surface area contributed by atoms with Crippen LogP contribution in [0, 0.1) is 10.1 Å². The number of ether oxygens (including phenoxy) is 1. The Bertz CT molecular complexity index is 748. The second kappa shape index (κ2) is 6.31. The van der Waals surface area contributed by atoms with Crippen LogP contribution in [0.5, 0.6) is 11.5 Å². The fraction of sp³-hybridized carbons (Fsp3) is 0.0714. The number of methoxy groups -OCH3 is 1. The molecule has 0 unspecified atom stereocenters. The molecule has 2 N–H and O–H groups in total. The van der Waals surface area contributed by atoms with Crippen molar-refractivity contribution in [2.24, 2.45) is 0 Å². The summed E-state index contributed by atoms with van der Waals surface area (Å²) in [5, 5.41) is 23.1. The third-order valence-corrected chi connectivity index (χ3v) is 3.19. The average Bonchev–Trinajstić information content (AvgIpc) is 2.48. The fourth-order valence-electron chi connectivity index (χ4n) is 1.83. The van der Waals surface area contributed by atoms with Gasteiger partial charge in [0.25, 0.3) is 11.6 Å². The first-order chi connectivity index (χ1) is 10.4. The van der Waals surface area contributed by atoms with Gasteiger partial charge >= 0.3 is 0 Å². The highest BCUT2D eigenvalue weighted by molar-refractivity contribution is 6.34. The molecule has 7 nitrogen and oxygen atoms in total. The molecule has 114 valence electrons. The SMILES string of the molecule is COc1cccc(O)c1C(=O)Nc1cc([N+](=O)[O-])ccc1Cl. The highest BCUT2D eigenvalue weighted by atomic mass is 35.5. The Morgan fingerprint density at radius 3 is 2.73 bits per heavy atom. The number of non-ortho nitro benzene ring substituents is 1. The van der Waals surface area contributed by atoms with Crippen LogP contribution in [0.3, 0.4) is 0 Å². The Morgan fingerprint density at radius 1 is 1.36 bits per heavy atom. The summed E-state index contributed by atoms with van der Waals surface area (Å²) >= 11 is 5.91. The number of aromatic hydroxyl groups is 1. The fourth-order valence-corrected chi connectivity index (χ4v) is 1.99. The molecule has 0 aliphatic heterocycles. The van der Waals surface area contributed by atoms with Crippen LogP contribution in [0.25, 0.3) is 0 Å². The van der Waals surface area contributed by atoms with Gasteiger partial charge in [0, 0.05) is 12.1 Å². The summed E-state index contributed by atoms with van der Waals surface area (Å²) in [5.74, 6) is -0.810. The number of phenolic OH excluding ortho intramolecular Hbond substituents is 1. The highest BCUT2D eigenvalue weighted by Gasteiger charge is 2.19. The normalized spacial score (nSPS) is 10.1. The lowest BCUT2D eigenvalue weighted by molar-refractivity contribution is -0.384. The summed E-state index contributed by atoms with van der Waals surface area (Å²) in [6.45, 7) is 0. The number of nitro benzene ring substituents is 1. The van der Waals surface area contributed by atoms with E-state index in [1.54, 1.807) is 0 Å². The van der Waals surface area contributed by atoms with Crippen molar-refractivity contribution in [3.8, 4) is 11.5 Å². The van der Waals surface area contributed by atoms with Crippen LogP contribution in [0.4, 0.5) is 11.4 Å². The van der Waals surface area contributed by atoms with Gasteiger partial charge in [0.1, 0.15) is 17.1 Å². The van der Waals surface area contributed by atoms with Gasteiger partial charge in [-0.3, -0.25) is 14.9 Å². The number of hydrogen-bond donors (Lipinski definition) is 2. The Morgan fingerprint density at radius 2 is 2.09 bits per heavy atom. The zero-order valence-corrected chi connectivity index (χ0v) is 12.1. The highest BCUT2D eigenvalue weighted by Crippen LogP contribution is 2.31. The third-order valence-electron chi connectivity index (χ3n) is 2.86. The van der Waals surface area contributed by atoms with E-state index in [-0.39, 0.29) is 33.5 Å². The van der Waals surface area contributed by atoms with Crippen molar-refractivity contribution in [3.05, 3.63) is 57.1 Å². The van der Waals surface area contributed by atoms with Crippen LogP contribution in [-0.4, -0.2) is 23.0 Å². The van der Waals surface area contributed by atoms with E-state index in [1.165, 1.54) is 37.4 Å². The van der Waals surface area contributed by atoms with Crippen molar-refractivity contribution in [1.82, 2.24) is 0 Å². The van der Waals surface area contributed by atoms with Crippen molar-refractivity contribution in [2.75, 3.05) is 12.4 Å². The summed E-state index contributed by atoms with van der Waals surface area (Å²) in [5.41, 5.74) is -0.248. The minimum atomic E-state index is -0.697. The minimum Gasteiger partial charge on any atom is -0.507 e. The minimum absolute atomic E-state index is 0.0613. The molecule has 0 fully saturated rings. The Kier molecular flexibility index (Phi) is 4.47. The maximum atomic E-state index is 12.3. The standard InChI is InChI=1S/C14H11ClN2O5/c1-22-12-4-2-3-11(18)13(12)14(19)16-10-7-8(17(20)21)5-6-9(10)15/h2-7,18H,1H3,(H,16,19). The number of anilines is 1. The first kappa shape index (κ1) is 15.6. The molecule has 0 heterocycles. The number of carbonyl (C=O) groups excluding carboxylic acids is 1. The lowest BCUT2D eigenvalue weighted by atomic mass is 10.1. The van der Waals surface area contributed by atoms with E-state index < -0.39 is 10.8 Å². The predicted molar refractivity (Wildman–Crippen MR) is 80.7 cm³/mol. The van der Waals surface area contributed by atoms with E-state index in [4.69, 9.17) is 16.3 Å². The molecular weight excluding hydrogens is 312 g/mol. The second-order valence-corrected chi connectivity index (χ2v) is 4.64. The molecule has 0 aromatic heterocycles. The first-order valence-corrected chi connectivity index (χ1v) is 6.43. The molecule has 0 spiro atoms.